The lowest BCUT2D eigenvalue weighted by Gasteiger charge is -1.92. The average molecular weight is 243 g/mol. The summed E-state index contributed by atoms with van der Waals surface area (Å²) in [4.78, 5) is 4.28. The lowest BCUT2D eigenvalue weighted by Crippen LogP contribution is -1.85. The molecule has 0 bridgehead atoms. The number of hydrogen-bond donors (Lipinski definition) is 0. The van der Waals surface area contributed by atoms with Crippen LogP contribution in [0.2, 0.25) is 0 Å². The van der Waals surface area contributed by atoms with E-state index in [0.29, 0.717) is 5.56 Å². The third-order valence-corrected chi connectivity index (χ3v) is 2.79. The largest absolute Gasteiger partial charge is 0.257 e. The van der Waals surface area contributed by atoms with Crippen LogP contribution in [-0.2, 0) is 0 Å². The first-order valence-electron chi connectivity index (χ1n) is 5.81. The van der Waals surface area contributed by atoms with Crippen molar-refractivity contribution in [3.05, 3.63) is 66.0 Å². The summed E-state index contributed by atoms with van der Waals surface area (Å²) >= 11 is 0. The molecule has 0 aliphatic rings. The Kier molecular flexibility index (Phi) is 2.73. The molecule has 0 aliphatic heterocycles. The molecule has 0 radical (unpaired) electrons. The summed E-state index contributed by atoms with van der Waals surface area (Å²) in [6.45, 7) is 0. The Morgan fingerprint density at radius 1 is 0.947 bits per heavy atom. The van der Waals surface area contributed by atoms with Crippen LogP contribution in [0.3, 0.4) is 0 Å². The molecule has 0 N–H and O–H groups in total. The van der Waals surface area contributed by atoms with Gasteiger partial charge < -0.3 is 0 Å². The van der Waals surface area contributed by atoms with Gasteiger partial charge in [0.15, 0.2) is 0 Å². The summed E-state index contributed by atoms with van der Waals surface area (Å²) in [6.07, 6.45) is 1.71. The number of nitriles is 1. The lowest BCUT2D eigenvalue weighted by molar-refractivity contribution is 1.15. The first-order chi connectivity index (χ1) is 9.36. The normalized spacial score (nSPS) is 9.63. The molecule has 1 heterocycles. The van der Waals surface area contributed by atoms with Gasteiger partial charge in [-0.2, -0.15) is 5.26 Å². The number of rotatable bonds is 0. The number of benzene rings is 2. The van der Waals surface area contributed by atoms with E-state index >= 15 is 0 Å². The van der Waals surface area contributed by atoms with Crippen LogP contribution in [0.25, 0.3) is 11.0 Å². The molecule has 1 aromatic heterocycles. The van der Waals surface area contributed by atoms with Crippen molar-refractivity contribution in [2.24, 2.45) is 0 Å². The molecule has 0 spiro atoms. The van der Waals surface area contributed by atoms with Crippen molar-refractivity contribution < 1.29 is 0 Å². The van der Waals surface area contributed by atoms with Crippen LogP contribution in [0.1, 0.15) is 11.1 Å². The fourth-order valence-corrected chi connectivity index (χ4v) is 1.80. The Morgan fingerprint density at radius 3 is 2.47 bits per heavy atom. The molecule has 0 saturated heterocycles. The van der Waals surface area contributed by atoms with Gasteiger partial charge in [-0.25, -0.2) is 4.98 Å². The van der Waals surface area contributed by atoms with Gasteiger partial charge in [0.1, 0.15) is 6.33 Å². The van der Waals surface area contributed by atoms with Crippen molar-refractivity contribution >= 4 is 11.0 Å². The lowest BCUT2D eigenvalue weighted by atomic mass is 10.1. The van der Waals surface area contributed by atoms with Gasteiger partial charge in [-0.05, 0) is 42.3 Å². The highest BCUT2D eigenvalue weighted by Crippen LogP contribution is 2.10. The number of aromatic nitrogens is 2. The second-order valence-electron chi connectivity index (χ2n) is 4.03. The van der Waals surface area contributed by atoms with Crippen molar-refractivity contribution in [3.63, 3.8) is 0 Å². The van der Waals surface area contributed by atoms with E-state index in [2.05, 4.69) is 23.0 Å². The van der Waals surface area contributed by atoms with Crippen molar-refractivity contribution in [1.82, 2.24) is 9.55 Å². The van der Waals surface area contributed by atoms with Gasteiger partial charge in [0, 0.05) is 11.6 Å². The third-order valence-electron chi connectivity index (χ3n) is 2.79. The molecule has 0 fully saturated rings. The molecular formula is C16H9N3. The molecule has 3 nitrogen and oxygen atoms in total. The van der Waals surface area contributed by atoms with E-state index in [9.17, 15) is 0 Å². The molecule has 3 rings (SSSR count). The zero-order valence-corrected chi connectivity index (χ0v) is 10.0. The zero-order valence-electron chi connectivity index (χ0n) is 10.0. The second-order valence-corrected chi connectivity index (χ2v) is 4.03. The van der Waals surface area contributed by atoms with Gasteiger partial charge in [0.2, 0.25) is 0 Å². The maximum absolute atomic E-state index is 8.73. The second kappa shape index (κ2) is 4.68. The Morgan fingerprint density at radius 2 is 1.68 bits per heavy atom. The standard InChI is InChI=1S/C16H9N3/c17-11-14-7-5-13(6-8-14)9-10-19-12-18-15-3-1-2-4-16(15)19/h1-8,12H. The zero-order chi connectivity index (χ0) is 13.1. The van der Waals surface area contributed by atoms with E-state index in [4.69, 9.17) is 5.26 Å². The molecule has 0 aliphatic carbocycles. The van der Waals surface area contributed by atoms with E-state index in [1.807, 2.05) is 36.4 Å². The van der Waals surface area contributed by atoms with E-state index in [0.717, 1.165) is 16.6 Å². The summed E-state index contributed by atoms with van der Waals surface area (Å²) in [5.41, 5.74) is 3.43. The van der Waals surface area contributed by atoms with Crippen LogP contribution in [-0.4, -0.2) is 9.55 Å². The Hall–Kier alpha value is -3.04. The monoisotopic (exact) mass is 243 g/mol. The van der Waals surface area contributed by atoms with Crippen molar-refractivity contribution in [3.8, 4) is 18.0 Å². The first-order valence-corrected chi connectivity index (χ1v) is 5.81. The highest BCUT2D eigenvalue weighted by Gasteiger charge is 1.97. The molecule has 0 saturated carbocycles. The van der Waals surface area contributed by atoms with Gasteiger partial charge in [0.25, 0.3) is 0 Å². The Balaban J connectivity index is 1.97. The number of nitrogens with zero attached hydrogens (tertiary/aromatic N) is 3. The summed E-state index contributed by atoms with van der Waals surface area (Å²) < 4.78 is 1.80. The summed E-state index contributed by atoms with van der Waals surface area (Å²) in [6, 6.07) is 20.2. The third kappa shape index (κ3) is 2.18. The molecule has 3 heteroatoms. The van der Waals surface area contributed by atoms with Crippen LogP contribution < -0.4 is 0 Å². The van der Waals surface area contributed by atoms with E-state index < -0.39 is 0 Å². The van der Waals surface area contributed by atoms with Crippen LogP contribution in [0.4, 0.5) is 0 Å². The van der Waals surface area contributed by atoms with Crippen molar-refractivity contribution in [2.75, 3.05) is 0 Å². The topological polar surface area (TPSA) is 41.6 Å². The number of imidazole rings is 1. The quantitative estimate of drug-likeness (QED) is 0.570. The smallest absolute Gasteiger partial charge is 0.108 e. The maximum Gasteiger partial charge on any atom is 0.108 e. The molecule has 88 valence electrons. The Labute approximate surface area is 110 Å². The molecule has 3 aromatic rings. The van der Waals surface area contributed by atoms with E-state index in [1.54, 1.807) is 23.0 Å². The molecule has 0 amide bonds. The SMILES string of the molecule is N#Cc1ccc(C#Cn2cnc3ccccc32)cc1. The van der Waals surface area contributed by atoms with E-state index in [1.165, 1.54) is 0 Å². The van der Waals surface area contributed by atoms with Crippen LogP contribution in [0.5, 0.6) is 0 Å². The van der Waals surface area contributed by atoms with Crippen LogP contribution in [0.15, 0.2) is 54.9 Å². The van der Waals surface area contributed by atoms with Gasteiger partial charge in [-0.1, -0.05) is 12.1 Å². The highest BCUT2D eigenvalue weighted by atomic mass is 15.0. The number of hydrogen-bond acceptors (Lipinski definition) is 2. The van der Waals surface area contributed by atoms with Gasteiger partial charge >= 0.3 is 0 Å². The van der Waals surface area contributed by atoms with Gasteiger partial charge in [-0.3, -0.25) is 4.57 Å². The number of para-hydroxylation sites is 2. The summed E-state index contributed by atoms with van der Waals surface area (Å²) in [5, 5.41) is 8.73. The minimum Gasteiger partial charge on any atom is -0.257 e. The van der Waals surface area contributed by atoms with Crippen molar-refractivity contribution in [2.45, 2.75) is 0 Å². The minimum absolute atomic E-state index is 0.638. The number of fused-ring (bicyclic) bond motifs is 1. The molecule has 2 aromatic carbocycles. The van der Waals surface area contributed by atoms with Crippen molar-refractivity contribution in [1.29, 1.82) is 5.26 Å². The predicted molar refractivity (Wildman–Crippen MR) is 73.2 cm³/mol. The fraction of sp³-hybridized carbons (Fsp3) is 0. The maximum atomic E-state index is 8.73. The highest BCUT2D eigenvalue weighted by molar-refractivity contribution is 5.76. The summed E-state index contributed by atoms with van der Waals surface area (Å²) in [7, 11) is 0. The van der Waals surface area contributed by atoms with Crippen LogP contribution >= 0.6 is 0 Å². The average Bonchev–Trinajstić information content (AvgIpc) is 2.89. The molecule has 0 atom stereocenters. The molecule has 0 unspecified atom stereocenters. The van der Waals surface area contributed by atoms with Gasteiger partial charge in [0.05, 0.1) is 22.7 Å². The first kappa shape index (κ1) is 11.1. The van der Waals surface area contributed by atoms with Gasteiger partial charge in [-0.15, -0.1) is 0 Å². The fourth-order valence-electron chi connectivity index (χ4n) is 1.80. The van der Waals surface area contributed by atoms with E-state index in [-0.39, 0.29) is 0 Å². The predicted octanol–water partition coefficient (Wildman–Crippen LogP) is 2.77. The molecule has 19 heavy (non-hydrogen) atoms. The Bertz CT molecular complexity index is 824. The molecular weight excluding hydrogens is 234 g/mol. The van der Waals surface area contributed by atoms with Crippen LogP contribution in [0, 0.1) is 23.3 Å². The summed E-state index contributed by atoms with van der Waals surface area (Å²) in [5.74, 6) is 3.05. The minimum atomic E-state index is 0.638.